The Morgan fingerprint density at radius 2 is 1.88 bits per heavy atom. The predicted molar refractivity (Wildman–Crippen MR) is 59.1 cm³/mol. The largest absolute Gasteiger partial charge is 0.481 e. The molecule has 7 heteroatoms. The maximum atomic E-state index is 10.6. The summed E-state index contributed by atoms with van der Waals surface area (Å²) in [6, 6.07) is 5.77. The third-order valence-corrected chi connectivity index (χ3v) is 2.49. The molecule has 0 spiro atoms. The first kappa shape index (κ1) is 13.5. The standard InChI is InChI=1S/C10H12O6S/c1-7(10(11)12)6-8-2-4-9(5-3-8)16-17(13,14)15/h2-5,7H,6H2,1H3,(H,11,12)(H,13,14,15). The molecule has 1 aromatic rings. The Morgan fingerprint density at radius 3 is 2.29 bits per heavy atom. The zero-order valence-corrected chi connectivity index (χ0v) is 9.85. The van der Waals surface area contributed by atoms with Gasteiger partial charge in [0.05, 0.1) is 5.92 Å². The number of hydrogen-bond acceptors (Lipinski definition) is 4. The van der Waals surface area contributed by atoms with Crippen LogP contribution in [-0.4, -0.2) is 24.0 Å². The third-order valence-electron chi connectivity index (χ3n) is 2.09. The van der Waals surface area contributed by atoms with Gasteiger partial charge in [-0.3, -0.25) is 9.35 Å². The lowest BCUT2D eigenvalue weighted by molar-refractivity contribution is -0.141. The van der Waals surface area contributed by atoms with Crippen LogP contribution in [0.4, 0.5) is 0 Å². The smallest absolute Gasteiger partial charge is 0.446 e. The average molecular weight is 260 g/mol. The van der Waals surface area contributed by atoms with Gasteiger partial charge in [-0.2, -0.15) is 8.42 Å². The highest BCUT2D eigenvalue weighted by molar-refractivity contribution is 7.81. The molecule has 0 bridgehead atoms. The van der Waals surface area contributed by atoms with E-state index in [4.69, 9.17) is 9.66 Å². The summed E-state index contributed by atoms with van der Waals surface area (Å²) in [4.78, 5) is 10.6. The Bertz CT molecular complexity index is 490. The molecule has 94 valence electrons. The maximum absolute atomic E-state index is 10.6. The lowest BCUT2D eigenvalue weighted by Crippen LogP contribution is -2.12. The summed E-state index contributed by atoms with van der Waals surface area (Å²) in [7, 11) is -4.52. The summed E-state index contributed by atoms with van der Waals surface area (Å²) in [6.07, 6.45) is 0.335. The highest BCUT2D eigenvalue weighted by atomic mass is 32.3. The van der Waals surface area contributed by atoms with E-state index in [1.54, 1.807) is 19.1 Å². The molecule has 0 fully saturated rings. The first-order valence-corrected chi connectivity index (χ1v) is 6.13. The third kappa shape index (κ3) is 4.83. The van der Waals surface area contributed by atoms with Crippen molar-refractivity contribution in [2.75, 3.05) is 0 Å². The number of carboxylic acid groups (broad SMARTS) is 1. The summed E-state index contributed by atoms with van der Waals surface area (Å²) in [5.41, 5.74) is 0.739. The second-order valence-electron chi connectivity index (χ2n) is 3.60. The van der Waals surface area contributed by atoms with E-state index >= 15 is 0 Å². The van der Waals surface area contributed by atoms with Crippen LogP contribution in [0.3, 0.4) is 0 Å². The summed E-state index contributed by atoms with van der Waals surface area (Å²) >= 11 is 0. The molecule has 0 aliphatic rings. The topological polar surface area (TPSA) is 101 Å². The lowest BCUT2D eigenvalue weighted by atomic mass is 10.0. The number of hydrogen-bond donors (Lipinski definition) is 2. The quantitative estimate of drug-likeness (QED) is 0.770. The van der Waals surface area contributed by atoms with E-state index in [-0.39, 0.29) is 5.75 Å². The van der Waals surface area contributed by atoms with Gasteiger partial charge in [0, 0.05) is 0 Å². The molecular formula is C10H12O6S. The minimum absolute atomic E-state index is 0.0285. The highest BCUT2D eigenvalue weighted by Gasteiger charge is 2.12. The van der Waals surface area contributed by atoms with Crippen molar-refractivity contribution in [3.63, 3.8) is 0 Å². The van der Waals surface area contributed by atoms with Crippen molar-refractivity contribution in [1.29, 1.82) is 0 Å². The lowest BCUT2D eigenvalue weighted by Gasteiger charge is -2.07. The van der Waals surface area contributed by atoms with Crippen molar-refractivity contribution < 1.29 is 27.1 Å². The van der Waals surface area contributed by atoms with Gasteiger partial charge in [0.1, 0.15) is 5.75 Å². The molecule has 0 aliphatic carbocycles. The van der Waals surface area contributed by atoms with Gasteiger partial charge in [-0.05, 0) is 24.1 Å². The van der Waals surface area contributed by atoms with Crippen LogP contribution in [-0.2, 0) is 21.6 Å². The molecule has 6 nitrogen and oxygen atoms in total. The van der Waals surface area contributed by atoms with E-state index in [0.29, 0.717) is 6.42 Å². The molecule has 1 aromatic carbocycles. The number of rotatable bonds is 5. The Morgan fingerprint density at radius 1 is 1.35 bits per heavy atom. The molecule has 0 saturated carbocycles. The summed E-state index contributed by atoms with van der Waals surface area (Å²) in [6.45, 7) is 1.57. The molecule has 0 saturated heterocycles. The molecule has 1 atom stereocenters. The van der Waals surface area contributed by atoms with E-state index in [9.17, 15) is 13.2 Å². The van der Waals surface area contributed by atoms with Gasteiger partial charge < -0.3 is 9.29 Å². The van der Waals surface area contributed by atoms with Gasteiger partial charge in [0.2, 0.25) is 0 Å². The van der Waals surface area contributed by atoms with E-state index in [1.165, 1.54) is 12.1 Å². The fourth-order valence-corrected chi connectivity index (χ4v) is 1.60. The monoisotopic (exact) mass is 260 g/mol. The van der Waals surface area contributed by atoms with Crippen LogP contribution >= 0.6 is 0 Å². The normalized spacial score (nSPS) is 13.1. The summed E-state index contributed by atoms with van der Waals surface area (Å²) < 4.78 is 33.5. The molecule has 0 aliphatic heterocycles. The fourth-order valence-electron chi connectivity index (χ4n) is 1.24. The van der Waals surface area contributed by atoms with Gasteiger partial charge in [0.15, 0.2) is 0 Å². The van der Waals surface area contributed by atoms with Crippen molar-refractivity contribution in [3.8, 4) is 5.75 Å². The average Bonchev–Trinajstić information content (AvgIpc) is 2.18. The second-order valence-corrected chi connectivity index (χ2v) is 4.62. The van der Waals surface area contributed by atoms with Crippen molar-refractivity contribution in [2.45, 2.75) is 13.3 Å². The van der Waals surface area contributed by atoms with E-state index in [1.807, 2.05) is 0 Å². The van der Waals surface area contributed by atoms with Crippen LogP contribution in [0.1, 0.15) is 12.5 Å². The van der Waals surface area contributed by atoms with E-state index in [0.717, 1.165) is 5.56 Å². The fraction of sp³-hybridized carbons (Fsp3) is 0.300. The van der Waals surface area contributed by atoms with E-state index < -0.39 is 22.3 Å². The highest BCUT2D eigenvalue weighted by Crippen LogP contribution is 2.16. The molecule has 17 heavy (non-hydrogen) atoms. The first-order chi connectivity index (χ1) is 7.78. The molecule has 2 N–H and O–H groups in total. The van der Waals surface area contributed by atoms with Crippen LogP contribution in [0.15, 0.2) is 24.3 Å². The second kappa shape index (κ2) is 5.15. The van der Waals surface area contributed by atoms with Crippen LogP contribution < -0.4 is 4.18 Å². The van der Waals surface area contributed by atoms with E-state index in [2.05, 4.69) is 4.18 Å². The summed E-state index contributed by atoms with van der Waals surface area (Å²) in [5.74, 6) is -1.45. The van der Waals surface area contributed by atoms with Crippen LogP contribution in [0.2, 0.25) is 0 Å². The minimum atomic E-state index is -4.52. The van der Waals surface area contributed by atoms with Crippen LogP contribution in [0.5, 0.6) is 5.75 Å². The number of benzene rings is 1. The predicted octanol–water partition coefficient (Wildman–Crippen LogP) is 1.13. The van der Waals surface area contributed by atoms with Gasteiger partial charge in [-0.1, -0.05) is 19.1 Å². The maximum Gasteiger partial charge on any atom is 0.446 e. The van der Waals surface area contributed by atoms with Gasteiger partial charge in [-0.25, -0.2) is 0 Å². The number of aliphatic carboxylic acids is 1. The van der Waals surface area contributed by atoms with Crippen LogP contribution in [0.25, 0.3) is 0 Å². The SMILES string of the molecule is CC(Cc1ccc(OS(=O)(=O)O)cc1)C(=O)O. The molecular weight excluding hydrogens is 248 g/mol. The zero-order valence-electron chi connectivity index (χ0n) is 9.03. The molecule has 1 rings (SSSR count). The zero-order chi connectivity index (χ0) is 13.1. The van der Waals surface area contributed by atoms with Crippen molar-refractivity contribution in [3.05, 3.63) is 29.8 Å². The Kier molecular flexibility index (Phi) is 4.08. The van der Waals surface area contributed by atoms with Gasteiger partial charge >= 0.3 is 16.4 Å². The Hall–Kier alpha value is -1.60. The van der Waals surface area contributed by atoms with Gasteiger partial charge in [-0.15, -0.1) is 0 Å². The molecule has 0 amide bonds. The van der Waals surface area contributed by atoms with Crippen molar-refractivity contribution in [2.24, 2.45) is 5.92 Å². The Labute approximate surface area is 98.8 Å². The minimum Gasteiger partial charge on any atom is -0.481 e. The first-order valence-electron chi connectivity index (χ1n) is 4.76. The molecule has 0 heterocycles. The molecule has 0 radical (unpaired) electrons. The number of carbonyl (C=O) groups is 1. The van der Waals surface area contributed by atoms with Crippen molar-refractivity contribution >= 4 is 16.4 Å². The van der Waals surface area contributed by atoms with Crippen LogP contribution in [0, 0.1) is 5.92 Å². The molecule has 1 unspecified atom stereocenters. The van der Waals surface area contributed by atoms with Gasteiger partial charge in [0.25, 0.3) is 0 Å². The summed E-state index contributed by atoms with van der Waals surface area (Å²) in [5, 5.41) is 8.71. The Balaban J connectivity index is 2.72. The van der Waals surface area contributed by atoms with Crippen molar-refractivity contribution in [1.82, 2.24) is 0 Å². The molecule has 0 aromatic heterocycles. The number of carboxylic acids is 1.